The summed E-state index contributed by atoms with van der Waals surface area (Å²) < 4.78 is 5.50. The van der Waals surface area contributed by atoms with Crippen LogP contribution in [0.5, 0.6) is 0 Å². The number of rotatable bonds is 6. The third-order valence-electron chi connectivity index (χ3n) is 2.64. The van der Waals surface area contributed by atoms with E-state index >= 15 is 0 Å². The second-order valence-corrected chi connectivity index (χ2v) is 4.42. The molecule has 2 N–H and O–H groups in total. The maximum Gasteiger partial charge on any atom is 0.0623 e. The molecule has 0 bridgehead atoms. The molecule has 2 atom stereocenters. The molecule has 0 aromatic rings. The molecule has 2 unspecified atom stereocenters. The average molecular weight is 200 g/mol. The quantitative estimate of drug-likeness (QED) is 0.671. The van der Waals surface area contributed by atoms with Crippen LogP contribution in [0.3, 0.4) is 0 Å². The van der Waals surface area contributed by atoms with E-state index in [1.165, 1.54) is 6.42 Å². The van der Waals surface area contributed by atoms with Crippen molar-refractivity contribution in [2.75, 3.05) is 26.3 Å². The lowest BCUT2D eigenvalue weighted by molar-refractivity contribution is 0.182. The smallest absolute Gasteiger partial charge is 0.0623 e. The molecular weight excluding hydrogens is 176 g/mol. The van der Waals surface area contributed by atoms with Gasteiger partial charge in [-0.05, 0) is 13.0 Å². The molecule has 14 heavy (non-hydrogen) atoms. The van der Waals surface area contributed by atoms with Gasteiger partial charge in [-0.25, -0.2) is 0 Å². The third kappa shape index (κ3) is 3.95. The van der Waals surface area contributed by atoms with Crippen LogP contribution in [0, 0.1) is 5.92 Å². The Morgan fingerprint density at radius 3 is 2.79 bits per heavy atom. The van der Waals surface area contributed by atoms with Gasteiger partial charge >= 0.3 is 0 Å². The van der Waals surface area contributed by atoms with Gasteiger partial charge in [0.05, 0.1) is 13.2 Å². The first-order valence-corrected chi connectivity index (χ1v) is 5.78. The largest absolute Gasteiger partial charge is 0.379 e. The summed E-state index contributed by atoms with van der Waals surface area (Å²) in [4.78, 5) is 0. The molecule has 1 fully saturated rings. The van der Waals surface area contributed by atoms with E-state index < -0.39 is 0 Å². The van der Waals surface area contributed by atoms with Gasteiger partial charge in [-0.2, -0.15) is 0 Å². The zero-order valence-corrected chi connectivity index (χ0v) is 9.68. The van der Waals surface area contributed by atoms with Crippen molar-refractivity contribution >= 4 is 0 Å². The molecule has 1 aliphatic rings. The summed E-state index contributed by atoms with van der Waals surface area (Å²) in [5, 5.41) is 7.01. The molecule has 1 saturated heterocycles. The molecule has 0 aromatic heterocycles. The summed E-state index contributed by atoms with van der Waals surface area (Å²) in [6, 6.07) is 1.13. The molecule has 3 nitrogen and oxygen atoms in total. The van der Waals surface area contributed by atoms with Crippen LogP contribution in [-0.4, -0.2) is 38.4 Å². The maximum absolute atomic E-state index is 5.50. The third-order valence-corrected chi connectivity index (χ3v) is 2.64. The Balaban J connectivity index is 2.21. The van der Waals surface area contributed by atoms with Crippen LogP contribution >= 0.6 is 0 Å². The second-order valence-electron chi connectivity index (χ2n) is 4.42. The van der Waals surface area contributed by atoms with Gasteiger partial charge in [0.25, 0.3) is 0 Å². The van der Waals surface area contributed by atoms with E-state index in [0.29, 0.717) is 18.0 Å². The van der Waals surface area contributed by atoms with E-state index in [4.69, 9.17) is 4.74 Å². The van der Waals surface area contributed by atoms with Crippen molar-refractivity contribution in [1.29, 1.82) is 0 Å². The van der Waals surface area contributed by atoms with E-state index in [1.807, 2.05) is 0 Å². The van der Waals surface area contributed by atoms with Crippen LogP contribution < -0.4 is 10.6 Å². The van der Waals surface area contributed by atoms with Gasteiger partial charge in [-0.15, -0.1) is 0 Å². The molecule has 1 heterocycles. The first-order valence-electron chi connectivity index (χ1n) is 5.78. The molecule has 0 radical (unpaired) electrons. The van der Waals surface area contributed by atoms with Crippen molar-refractivity contribution in [2.24, 2.45) is 5.92 Å². The predicted molar refractivity (Wildman–Crippen MR) is 59.5 cm³/mol. The molecule has 0 aliphatic carbocycles. The Bertz CT molecular complexity index is 150. The van der Waals surface area contributed by atoms with E-state index in [9.17, 15) is 0 Å². The summed E-state index contributed by atoms with van der Waals surface area (Å²) in [6.07, 6.45) is 1.20. The number of nitrogens with one attached hydrogen (secondary N) is 2. The zero-order valence-electron chi connectivity index (χ0n) is 9.68. The average Bonchev–Trinajstić information content (AvgIpc) is 2.58. The SMILES string of the molecule is CCCNC1COCC1CNC(C)C. The highest BCUT2D eigenvalue weighted by Crippen LogP contribution is 2.12. The highest BCUT2D eigenvalue weighted by atomic mass is 16.5. The van der Waals surface area contributed by atoms with Gasteiger partial charge in [0, 0.05) is 24.5 Å². The second kappa shape index (κ2) is 6.38. The standard InChI is InChI=1S/C11H24N2O/c1-4-5-12-11-8-14-7-10(11)6-13-9(2)3/h9-13H,4-8H2,1-3H3. The Kier molecular flexibility index (Phi) is 5.45. The maximum atomic E-state index is 5.50. The lowest BCUT2D eigenvalue weighted by atomic mass is 10.0. The Morgan fingerprint density at radius 2 is 2.14 bits per heavy atom. The van der Waals surface area contributed by atoms with Gasteiger partial charge < -0.3 is 15.4 Å². The van der Waals surface area contributed by atoms with Gasteiger partial charge in [0.2, 0.25) is 0 Å². The van der Waals surface area contributed by atoms with Gasteiger partial charge in [0.15, 0.2) is 0 Å². The lowest BCUT2D eigenvalue weighted by Crippen LogP contribution is -2.41. The summed E-state index contributed by atoms with van der Waals surface area (Å²) in [7, 11) is 0. The molecule has 0 amide bonds. The molecular formula is C11H24N2O. The summed E-state index contributed by atoms with van der Waals surface area (Å²) in [5.41, 5.74) is 0. The minimum absolute atomic E-state index is 0.557. The van der Waals surface area contributed by atoms with Gasteiger partial charge in [0.1, 0.15) is 0 Å². The van der Waals surface area contributed by atoms with Crippen molar-refractivity contribution in [2.45, 2.75) is 39.3 Å². The van der Waals surface area contributed by atoms with Crippen LogP contribution in [0.1, 0.15) is 27.2 Å². The molecule has 0 aromatic carbocycles. The van der Waals surface area contributed by atoms with Crippen molar-refractivity contribution in [3.05, 3.63) is 0 Å². The Morgan fingerprint density at radius 1 is 1.36 bits per heavy atom. The summed E-state index contributed by atoms with van der Waals surface area (Å²) >= 11 is 0. The normalized spacial score (nSPS) is 27.4. The van der Waals surface area contributed by atoms with E-state index in [2.05, 4.69) is 31.4 Å². The van der Waals surface area contributed by atoms with Crippen LogP contribution in [-0.2, 0) is 4.74 Å². The Hall–Kier alpha value is -0.120. The fraction of sp³-hybridized carbons (Fsp3) is 1.00. The monoisotopic (exact) mass is 200 g/mol. The molecule has 0 saturated carbocycles. The van der Waals surface area contributed by atoms with Crippen molar-refractivity contribution in [1.82, 2.24) is 10.6 Å². The van der Waals surface area contributed by atoms with Crippen LogP contribution in [0.4, 0.5) is 0 Å². The molecule has 84 valence electrons. The van der Waals surface area contributed by atoms with E-state index in [0.717, 1.165) is 26.3 Å². The topological polar surface area (TPSA) is 33.3 Å². The molecule has 0 spiro atoms. The minimum atomic E-state index is 0.557. The van der Waals surface area contributed by atoms with Gasteiger partial charge in [-0.1, -0.05) is 20.8 Å². The van der Waals surface area contributed by atoms with Crippen molar-refractivity contribution < 1.29 is 4.74 Å². The highest BCUT2D eigenvalue weighted by molar-refractivity contribution is 4.82. The molecule has 1 rings (SSSR count). The highest BCUT2D eigenvalue weighted by Gasteiger charge is 2.27. The first-order chi connectivity index (χ1) is 6.74. The zero-order chi connectivity index (χ0) is 10.4. The molecule has 1 aliphatic heterocycles. The number of ether oxygens (including phenoxy) is 1. The summed E-state index contributed by atoms with van der Waals surface area (Å²) in [6.45, 7) is 10.5. The van der Waals surface area contributed by atoms with Crippen LogP contribution in [0.15, 0.2) is 0 Å². The van der Waals surface area contributed by atoms with E-state index in [-0.39, 0.29) is 0 Å². The fourth-order valence-corrected chi connectivity index (χ4v) is 1.74. The fourth-order valence-electron chi connectivity index (χ4n) is 1.74. The summed E-state index contributed by atoms with van der Waals surface area (Å²) in [5.74, 6) is 0.643. The van der Waals surface area contributed by atoms with Gasteiger partial charge in [-0.3, -0.25) is 0 Å². The van der Waals surface area contributed by atoms with E-state index in [1.54, 1.807) is 0 Å². The number of hydrogen-bond donors (Lipinski definition) is 2. The first kappa shape index (κ1) is 12.0. The van der Waals surface area contributed by atoms with Crippen molar-refractivity contribution in [3.8, 4) is 0 Å². The minimum Gasteiger partial charge on any atom is -0.379 e. The Labute approximate surface area is 87.6 Å². The van der Waals surface area contributed by atoms with Crippen LogP contribution in [0.2, 0.25) is 0 Å². The number of hydrogen-bond acceptors (Lipinski definition) is 3. The lowest BCUT2D eigenvalue weighted by Gasteiger charge is -2.20. The predicted octanol–water partition coefficient (Wildman–Crippen LogP) is 0.999. The van der Waals surface area contributed by atoms with Crippen LogP contribution in [0.25, 0.3) is 0 Å². The van der Waals surface area contributed by atoms with Crippen molar-refractivity contribution in [3.63, 3.8) is 0 Å². The molecule has 3 heteroatoms.